The molecule has 2 aromatic rings. The number of aliphatic carboxylic acids is 1. The average molecular weight is 438 g/mol. The number of carboxylic acids is 1. The van der Waals surface area contributed by atoms with E-state index in [1.54, 1.807) is 17.0 Å². The second-order valence-electron chi connectivity index (χ2n) is 8.29. The summed E-state index contributed by atoms with van der Waals surface area (Å²) in [5.74, 6) is -1.23. The van der Waals surface area contributed by atoms with E-state index in [0.29, 0.717) is 25.8 Å². The largest absolute Gasteiger partial charge is 0.480 e. The van der Waals surface area contributed by atoms with Gasteiger partial charge in [0, 0.05) is 19.0 Å². The maximum absolute atomic E-state index is 12.5. The van der Waals surface area contributed by atoms with Gasteiger partial charge in [-0.15, -0.1) is 0 Å². The molecule has 0 spiro atoms. The molecule has 0 aliphatic carbocycles. The van der Waals surface area contributed by atoms with Crippen LogP contribution in [0.25, 0.3) is 0 Å². The average Bonchev–Trinajstić information content (AvgIpc) is 3.36. The van der Waals surface area contributed by atoms with Crippen LogP contribution < -0.4 is 0 Å². The number of allylic oxidation sites excluding steroid dienone is 1. The molecule has 1 aliphatic heterocycles. The first kappa shape index (κ1) is 23.4. The van der Waals surface area contributed by atoms with E-state index in [9.17, 15) is 19.5 Å². The molecule has 1 fully saturated rings. The number of ketones is 1. The Morgan fingerprint density at radius 3 is 2.72 bits per heavy atom. The van der Waals surface area contributed by atoms with Crippen LogP contribution in [0.15, 0.2) is 54.9 Å². The Bertz CT molecular complexity index is 951. The summed E-state index contributed by atoms with van der Waals surface area (Å²) in [6, 6.07) is 8.78. The number of carbonyl (C=O) groups excluding carboxylic acids is 2. The predicted molar refractivity (Wildman–Crippen MR) is 121 cm³/mol. The molecule has 32 heavy (non-hydrogen) atoms. The first-order valence-corrected chi connectivity index (χ1v) is 11.3. The Morgan fingerprint density at radius 2 is 2.00 bits per heavy atom. The smallest absolute Gasteiger partial charge is 0.326 e. The van der Waals surface area contributed by atoms with Gasteiger partial charge in [0.25, 0.3) is 0 Å². The zero-order valence-electron chi connectivity index (χ0n) is 18.5. The number of carbonyl (C=O) groups is 3. The molecule has 2 atom stereocenters. The summed E-state index contributed by atoms with van der Waals surface area (Å²) in [5.41, 5.74) is 1.95. The Balaban J connectivity index is 1.59. The lowest BCUT2D eigenvalue weighted by Gasteiger charge is -2.29. The second kappa shape index (κ2) is 11.4. The highest BCUT2D eigenvalue weighted by molar-refractivity contribution is 5.92. The normalized spacial score (nSPS) is 17.2. The lowest BCUT2D eigenvalue weighted by molar-refractivity contribution is -0.149. The van der Waals surface area contributed by atoms with E-state index >= 15 is 0 Å². The first-order valence-electron chi connectivity index (χ1n) is 11.3. The van der Waals surface area contributed by atoms with E-state index in [1.807, 2.05) is 36.5 Å². The van der Waals surface area contributed by atoms with E-state index in [2.05, 4.69) is 12.0 Å². The Labute approximate surface area is 188 Å². The minimum atomic E-state index is -0.980. The van der Waals surface area contributed by atoms with Crippen LogP contribution in [0.3, 0.4) is 0 Å². The van der Waals surface area contributed by atoms with Gasteiger partial charge < -0.3 is 10.0 Å². The lowest BCUT2D eigenvalue weighted by atomic mass is 10.0. The van der Waals surface area contributed by atoms with Gasteiger partial charge in [0.2, 0.25) is 5.91 Å². The van der Waals surface area contributed by atoms with Gasteiger partial charge in [0.05, 0.1) is 18.8 Å². The lowest BCUT2D eigenvalue weighted by Crippen LogP contribution is -2.45. The zero-order valence-corrected chi connectivity index (χ0v) is 18.5. The molecule has 2 heterocycles. The summed E-state index contributed by atoms with van der Waals surface area (Å²) in [4.78, 5) is 38.1. The molecule has 7 heteroatoms. The monoisotopic (exact) mass is 437 g/mol. The third-order valence-electron chi connectivity index (χ3n) is 5.76. The van der Waals surface area contributed by atoms with Crippen LogP contribution in [0.2, 0.25) is 0 Å². The summed E-state index contributed by atoms with van der Waals surface area (Å²) >= 11 is 0. The fourth-order valence-corrected chi connectivity index (χ4v) is 4.12. The highest BCUT2D eigenvalue weighted by Gasteiger charge is 2.38. The van der Waals surface area contributed by atoms with E-state index in [0.717, 1.165) is 30.4 Å². The van der Waals surface area contributed by atoms with Crippen LogP contribution in [0, 0.1) is 0 Å². The summed E-state index contributed by atoms with van der Waals surface area (Å²) in [5, 5.41) is 14.0. The van der Waals surface area contributed by atoms with E-state index in [4.69, 9.17) is 0 Å². The van der Waals surface area contributed by atoms with Crippen LogP contribution in [-0.2, 0) is 27.3 Å². The quantitative estimate of drug-likeness (QED) is 0.404. The summed E-state index contributed by atoms with van der Waals surface area (Å²) in [7, 11) is 0. The molecule has 7 nitrogen and oxygen atoms in total. The van der Waals surface area contributed by atoms with Crippen molar-refractivity contribution in [3.05, 3.63) is 66.0 Å². The number of rotatable bonds is 12. The maximum Gasteiger partial charge on any atom is 0.326 e. The van der Waals surface area contributed by atoms with E-state index in [-0.39, 0.29) is 24.2 Å². The van der Waals surface area contributed by atoms with Crippen LogP contribution in [-0.4, -0.2) is 49.5 Å². The number of carboxylic acid groups (broad SMARTS) is 1. The molecule has 1 aromatic heterocycles. The third kappa shape index (κ3) is 6.39. The van der Waals surface area contributed by atoms with Gasteiger partial charge in [-0.2, -0.15) is 5.10 Å². The van der Waals surface area contributed by atoms with Crippen molar-refractivity contribution in [2.45, 2.75) is 70.5 Å². The van der Waals surface area contributed by atoms with Gasteiger partial charge in [-0.05, 0) is 30.0 Å². The number of nitrogens with zero attached hydrogens (tertiary/aromatic N) is 3. The predicted octanol–water partition coefficient (Wildman–Crippen LogP) is 3.62. The summed E-state index contributed by atoms with van der Waals surface area (Å²) in [6.07, 6.45) is 10.9. The minimum Gasteiger partial charge on any atom is -0.480 e. The van der Waals surface area contributed by atoms with Crippen molar-refractivity contribution < 1.29 is 19.5 Å². The molecule has 0 radical (unpaired) electrons. The number of benzene rings is 1. The Kier molecular flexibility index (Phi) is 8.36. The van der Waals surface area contributed by atoms with Crippen molar-refractivity contribution in [2.24, 2.45) is 0 Å². The summed E-state index contributed by atoms with van der Waals surface area (Å²) < 4.78 is 1.80. The highest BCUT2D eigenvalue weighted by atomic mass is 16.4. The Hall–Kier alpha value is -3.22. The molecule has 2 unspecified atom stereocenters. The SMILES string of the molecule is CCCCCC(C(=O)O)N1C(=O)CCC1C=CC(=O)Cc1cnn(Cc2ccccc2)c1. The molecular formula is C25H31N3O4. The van der Waals surface area contributed by atoms with Gasteiger partial charge in [-0.3, -0.25) is 14.3 Å². The number of likely N-dealkylation sites (tertiary alicyclic amines) is 1. The van der Waals surface area contributed by atoms with Crippen molar-refractivity contribution in [3.63, 3.8) is 0 Å². The zero-order chi connectivity index (χ0) is 22.9. The molecule has 170 valence electrons. The first-order chi connectivity index (χ1) is 15.5. The van der Waals surface area contributed by atoms with Crippen molar-refractivity contribution in [3.8, 4) is 0 Å². The van der Waals surface area contributed by atoms with Crippen molar-refractivity contribution >= 4 is 17.7 Å². The van der Waals surface area contributed by atoms with Crippen molar-refractivity contribution in [1.29, 1.82) is 0 Å². The number of amides is 1. The number of aromatic nitrogens is 2. The van der Waals surface area contributed by atoms with Gasteiger partial charge >= 0.3 is 5.97 Å². The van der Waals surface area contributed by atoms with E-state index < -0.39 is 12.0 Å². The van der Waals surface area contributed by atoms with Crippen molar-refractivity contribution in [1.82, 2.24) is 14.7 Å². The number of hydrogen-bond donors (Lipinski definition) is 1. The molecule has 0 bridgehead atoms. The second-order valence-corrected chi connectivity index (χ2v) is 8.29. The molecule has 3 rings (SSSR count). The third-order valence-corrected chi connectivity index (χ3v) is 5.76. The molecule has 1 aliphatic rings. The fourth-order valence-electron chi connectivity index (χ4n) is 4.12. The highest BCUT2D eigenvalue weighted by Crippen LogP contribution is 2.25. The van der Waals surface area contributed by atoms with Gasteiger partial charge in [0.1, 0.15) is 6.04 Å². The molecule has 1 N–H and O–H groups in total. The van der Waals surface area contributed by atoms with Crippen LogP contribution in [0.1, 0.15) is 56.6 Å². The standard InChI is InChI=1S/C25H31N3O4/c1-2-3-5-10-23(25(31)32)28-21(12-14-24(28)30)11-13-22(29)15-20-16-26-27(18-20)17-19-8-6-4-7-9-19/h4,6-9,11,13,16,18,21,23H,2-3,5,10,12,14-15,17H2,1H3,(H,31,32). The fraction of sp³-hybridized carbons (Fsp3) is 0.440. The van der Waals surface area contributed by atoms with Gasteiger partial charge in [-0.1, -0.05) is 62.6 Å². The molecular weight excluding hydrogens is 406 g/mol. The van der Waals surface area contributed by atoms with Gasteiger partial charge in [0.15, 0.2) is 5.78 Å². The van der Waals surface area contributed by atoms with Gasteiger partial charge in [-0.25, -0.2) is 4.79 Å². The maximum atomic E-state index is 12.5. The van der Waals surface area contributed by atoms with E-state index in [1.165, 1.54) is 11.0 Å². The molecule has 1 amide bonds. The van der Waals surface area contributed by atoms with Crippen LogP contribution >= 0.6 is 0 Å². The molecule has 1 aromatic carbocycles. The Morgan fingerprint density at radius 1 is 1.22 bits per heavy atom. The number of unbranched alkanes of at least 4 members (excludes halogenated alkanes) is 2. The van der Waals surface area contributed by atoms with Crippen LogP contribution in [0.4, 0.5) is 0 Å². The molecule has 1 saturated heterocycles. The molecule has 0 saturated carbocycles. The summed E-state index contributed by atoms with van der Waals surface area (Å²) in [6.45, 7) is 2.69. The number of hydrogen-bond acceptors (Lipinski definition) is 4. The minimum absolute atomic E-state index is 0.0959. The van der Waals surface area contributed by atoms with Crippen molar-refractivity contribution in [2.75, 3.05) is 0 Å². The topological polar surface area (TPSA) is 92.5 Å². The van der Waals surface area contributed by atoms with Crippen LogP contribution in [0.5, 0.6) is 0 Å².